The molecule has 0 bridgehead atoms. The van der Waals surface area contributed by atoms with E-state index in [1.54, 1.807) is 17.1 Å². The Morgan fingerprint density at radius 2 is 1.91 bits per heavy atom. The number of H-pyrrole nitrogens is 1. The predicted octanol–water partition coefficient (Wildman–Crippen LogP) is 3.34. The van der Waals surface area contributed by atoms with Crippen molar-refractivity contribution >= 4 is 28.5 Å². The van der Waals surface area contributed by atoms with Gasteiger partial charge in [-0.05, 0) is 31.0 Å². The SMILES string of the molecule is Cn1nccc1-c1ccc(Nc2nc(NC3CCOCC3)c3c(C#N)c[nH]c3n2)c2c1OCCO2. The van der Waals surface area contributed by atoms with Crippen LogP contribution in [0.15, 0.2) is 30.6 Å². The number of nitrogens with one attached hydrogen (secondary N) is 3. The maximum atomic E-state index is 9.59. The predicted molar refractivity (Wildman–Crippen MR) is 129 cm³/mol. The second-order valence-electron chi connectivity index (χ2n) is 8.45. The van der Waals surface area contributed by atoms with E-state index in [1.165, 1.54) is 0 Å². The van der Waals surface area contributed by atoms with Crippen molar-refractivity contribution in [2.45, 2.75) is 18.9 Å². The summed E-state index contributed by atoms with van der Waals surface area (Å²) in [4.78, 5) is 12.5. The van der Waals surface area contributed by atoms with Gasteiger partial charge in [-0.15, -0.1) is 0 Å². The molecule has 4 aromatic rings. The van der Waals surface area contributed by atoms with E-state index >= 15 is 0 Å². The number of anilines is 3. The van der Waals surface area contributed by atoms with Gasteiger partial charge < -0.3 is 29.8 Å². The van der Waals surface area contributed by atoms with Crippen LogP contribution in [0.3, 0.4) is 0 Å². The average molecular weight is 473 g/mol. The number of nitriles is 1. The Morgan fingerprint density at radius 1 is 1.09 bits per heavy atom. The molecule has 1 fully saturated rings. The molecular weight excluding hydrogens is 448 g/mol. The van der Waals surface area contributed by atoms with E-state index in [9.17, 15) is 5.26 Å². The highest BCUT2D eigenvalue weighted by atomic mass is 16.6. The zero-order valence-corrected chi connectivity index (χ0v) is 19.2. The number of hydrogen-bond acceptors (Lipinski definition) is 9. The van der Waals surface area contributed by atoms with Crippen molar-refractivity contribution in [2.24, 2.45) is 7.05 Å². The second-order valence-corrected chi connectivity index (χ2v) is 8.45. The summed E-state index contributed by atoms with van der Waals surface area (Å²) in [6, 6.07) is 8.25. The number of fused-ring (bicyclic) bond motifs is 2. The first-order chi connectivity index (χ1) is 17.2. The lowest BCUT2D eigenvalue weighted by Gasteiger charge is -2.25. The molecule has 0 amide bonds. The van der Waals surface area contributed by atoms with Crippen LogP contribution in [0.1, 0.15) is 18.4 Å². The van der Waals surface area contributed by atoms with Crippen LogP contribution in [-0.2, 0) is 11.8 Å². The molecule has 1 saturated heterocycles. The number of hydrogen-bond donors (Lipinski definition) is 3. The highest BCUT2D eigenvalue weighted by Gasteiger charge is 2.24. The van der Waals surface area contributed by atoms with E-state index in [2.05, 4.69) is 31.8 Å². The van der Waals surface area contributed by atoms with E-state index in [4.69, 9.17) is 19.2 Å². The third-order valence-corrected chi connectivity index (χ3v) is 6.25. The van der Waals surface area contributed by atoms with Crippen LogP contribution in [0.25, 0.3) is 22.3 Å². The van der Waals surface area contributed by atoms with Crippen LogP contribution in [0, 0.1) is 11.3 Å². The Balaban J connectivity index is 1.39. The van der Waals surface area contributed by atoms with Crippen LogP contribution in [0.5, 0.6) is 11.5 Å². The molecule has 5 heterocycles. The van der Waals surface area contributed by atoms with Crippen molar-refractivity contribution in [3.05, 3.63) is 36.2 Å². The van der Waals surface area contributed by atoms with Crippen LogP contribution >= 0.6 is 0 Å². The first-order valence-corrected chi connectivity index (χ1v) is 11.5. The van der Waals surface area contributed by atoms with E-state index in [1.807, 2.05) is 25.2 Å². The quantitative estimate of drug-likeness (QED) is 0.400. The maximum Gasteiger partial charge on any atom is 0.231 e. The molecule has 11 nitrogen and oxygen atoms in total. The minimum absolute atomic E-state index is 0.207. The lowest BCUT2D eigenvalue weighted by molar-refractivity contribution is 0.0904. The third-order valence-electron chi connectivity index (χ3n) is 6.25. The minimum Gasteiger partial charge on any atom is -0.485 e. The lowest BCUT2D eigenvalue weighted by atomic mass is 10.1. The fourth-order valence-electron chi connectivity index (χ4n) is 4.51. The summed E-state index contributed by atoms with van der Waals surface area (Å²) in [5.41, 5.74) is 3.58. The number of nitrogens with zero attached hydrogens (tertiary/aromatic N) is 5. The summed E-state index contributed by atoms with van der Waals surface area (Å²) in [5.74, 6) is 2.24. The van der Waals surface area contributed by atoms with Crippen molar-refractivity contribution in [3.8, 4) is 28.8 Å². The van der Waals surface area contributed by atoms with Gasteiger partial charge in [-0.25, -0.2) is 0 Å². The highest BCUT2D eigenvalue weighted by Crippen LogP contribution is 2.45. The molecule has 11 heteroatoms. The Kier molecular flexibility index (Phi) is 5.35. The van der Waals surface area contributed by atoms with E-state index in [-0.39, 0.29) is 6.04 Å². The van der Waals surface area contributed by atoms with Crippen molar-refractivity contribution in [3.63, 3.8) is 0 Å². The molecular formula is C24H24N8O3. The van der Waals surface area contributed by atoms with Gasteiger partial charge in [0.25, 0.3) is 0 Å². The molecule has 1 aromatic carbocycles. The first kappa shape index (κ1) is 21.2. The summed E-state index contributed by atoms with van der Waals surface area (Å²) in [7, 11) is 1.89. The zero-order chi connectivity index (χ0) is 23.8. The normalized spacial score (nSPS) is 15.7. The molecule has 3 N–H and O–H groups in total. The average Bonchev–Trinajstić information content (AvgIpc) is 3.51. The van der Waals surface area contributed by atoms with Crippen molar-refractivity contribution in [2.75, 3.05) is 37.1 Å². The number of aryl methyl sites for hydroxylation is 1. The summed E-state index contributed by atoms with van der Waals surface area (Å²) in [6.07, 6.45) is 5.14. The van der Waals surface area contributed by atoms with Gasteiger partial charge in [0.2, 0.25) is 5.95 Å². The molecule has 6 rings (SSSR count). The number of rotatable bonds is 5. The fraction of sp³-hybridized carbons (Fsp3) is 0.333. The van der Waals surface area contributed by atoms with E-state index in [0.29, 0.717) is 72.0 Å². The van der Waals surface area contributed by atoms with Crippen LogP contribution in [-0.4, -0.2) is 57.2 Å². The molecule has 3 aromatic heterocycles. The molecule has 0 aliphatic carbocycles. The van der Waals surface area contributed by atoms with Gasteiger partial charge in [-0.1, -0.05) is 0 Å². The van der Waals surface area contributed by atoms with Gasteiger partial charge >= 0.3 is 0 Å². The largest absolute Gasteiger partial charge is 0.485 e. The Labute approximate surface area is 201 Å². The molecule has 178 valence electrons. The molecule has 0 radical (unpaired) electrons. The van der Waals surface area contributed by atoms with Crippen LogP contribution < -0.4 is 20.1 Å². The molecule has 0 atom stereocenters. The molecule has 0 saturated carbocycles. The van der Waals surface area contributed by atoms with Gasteiger partial charge in [-0.2, -0.15) is 20.3 Å². The Hall–Kier alpha value is -4.30. The smallest absolute Gasteiger partial charge is 0.231 e. The van der Waals surface area contributed by atoms with E-state index < -0.39 is 0 Å². The molecule has 35 heavy (non-hydrogen) atoms. The third kappa shape index (κ3) is 3.87. The van der Waals surface area contributed by atoms with Gasteiger partial charge in [0.05, 0.1) is 22.3 Å². The van der Waals surface area contributed by atoms with Crippen LogP contribution in [0.2, 0.25) is 0 Å². The standard InChI is InChI=1S/C24H24N8O3/c1-32-18(4-7-27-32)16-2-3-17(21-20(16)34-10-11-35-21)29-24-30-22-19(14(12-25)13-26-22)23(31-24)28-15-5-8-33-9-6-15/h2-4,7,13,15H,5-6,8-11H2,1H3,(H3,26,28,29,30,31). The van der Waals surface area contributed by atoms with Gasteiger partial charge in [-0.3, -0.25) is 4.68 Å². The number of aromatic amines is 1. The molecule has 2 aliphatic heterocycles. The molecule has 0 unspecified atom stereocenters. The highest BCUT2D eigenvalue weighted by molar-refractivity contribution is 5.94. The summed E-state index contributed by atoms with van der Waals surface area (Å²) >= 11 is 0. The second kappa shape index (κ2) is 8.81. The Bertz CT molecular complexity index is 1430. The van der Waals surface area contributed by atoms with Crippen molar-refractivity contribution in [1.82, 2.24) is 24.7 Å². The van der Waals surface area contributed by atoms with Crippen molar-refractivity contribution in [1.29, 1.82) is 5.26 Å². The first-order valence-electron chi connectivity index (χ1n) is 11.5. The maximum absolute atomic E-state index is 9.59. The topological polar surface area (TPSA) is 135 Å². The summed E-state index contributed by atoms with van der Waals surface area (Å²) < 4.78 is 19.3. The summed E-state index contributed by atoms with van der Waals surface area (Å²) in [5, 5.41) is 21.3. The van der Waals surface area contributed by atoms with Gasteiger partial charge in [0, 0.05) is 44.3 Å². The van der Waals surface area contributed by atoms with Gasteiger partial charge in [0.15, 0.2) is 11.5 Å². The number of aromatic nitrogens is 5. The van der Waals surface area contributed by atoms with Crippen molar-refractivity contribution < 1.29 is 14.2 Å². The minimum atomic E-state index is 0.207. The van der Waals surface area contributed by atoms with E-state index in [0.717, 1.165) is 24.1 Å². The van der Waals surface area contributed by atoms with Crippen LogP contribution in [0.4, 0.5) is 17.5 Å². The fourth-order valence-corrected chi connectivity index (χ4v) is 4.51. The molecule has 2 aliphatic rings. The summed E-state index contributed by atoms with van der Waals surface area (Å²) in [6.45, 7) is 2.29. The zero-order valence-electron chi connectivity index (χ0n) is 19.2. The van der Waals surface area contributed by atoms with Gasteiger partial charge in [0.1, 0.15) is 30.7 Å². The lowest BCUT2D eigenvalue weighted by Crippen LogP contribution is -2.28. The Morgan fingerprint density at radius 3 is 2.69 bits per heavy atom. The number of ether oxygens (including phenoxy) is 3. The number of benzene rings is 1. The monoisotopic (exact) mass is 472 g/mol. The molecule has 0 spiro atoms.